The highest BCUT2D eigenvalue weighted by Gasteiger charge is 2.53. The molecule has 0 unspecified atom stereocenters. The summed E-state index contributed by atoms with van der Waals surface area (Å²) in [5.74, 6) is -6.85. The zero-order chi connectivity index (χ0) is 53.6. The van der Waals surface area contributed by atoms with Gasteiger partial charge in [-0.05, 0) is 139 Å². The topological polar surface area (TPSA) is 190 Å². The molecule has 0 aromatic heterocycles. The number of rotatable bonds is 9. The zero-order valence-electron chi connectivity index (χ0n) is 44.6. The number of piperidine rings is 1. The molecule has 0 spiro atoms. The summed E-state index contributed by atoms with van der Waals surface area (Å²) in [7, 11) is 3.01. The van der Waals surface area contributed by atoms with Crippen LogP contribution in [0.1, 0.15) is 132 Å². The molecule has 1 aromatic carbocycles. The van der Waals surface area contributed by atoms with E-state index in [0.717, 1.165) is 12.0 Å². The lowest BCUT2D eigenvalue weighted by atomic mass is 9.78. The van der Waals surface area contributed by atoms with Crippen molar-refractivity contribution in [3.8, 4) is 5.75 Å². The third-order valence-corrected chi connectivity index (χ3v) is 15.7. The van der Waals surface area contributed by atoms with Crippen LogP contribution in [0.5, 0.6) is 5.75 Å². The minimum atomic E-state index is -3.03. The van der Waals surface area contributed by atoms with Crippen LogP contribution in [0.15, 0.2) is 71.9 Å². The normalized spacial score (nSPS) is 37.2. The summed E-state index contributed by atoms with van der Waals surface area (Å²) in [6.45, 7) is 10.3. The van der Waals surface area contributed by atoms with Gasteiger partial charge in [-0.2, -0.15) is 8.78 Å². The van der Waals surface area contributed by atoms with E-state index in [1.165, 1.54) is 24.1 Å². The van der Waals surface area contributed by atoms with Gasteiger partial charge >= 0.3 is 12.6 Å². The van der Waals surface area contributed by atoms with Gasteiger partial charge in [-0.25, -0.2) is 4.79 Å². The minimum absolute atomic E-state index is 0.0105. The molecule has 4 aliphatic rings. The number of alkyl halides is 2. The van der Waals surface area contributed by atoms with E-state index >= 15 is 0 Å². The van der Waals surface area contributed by atoms with Crippen molar-refractivity contribution in [2.75, 3.05) is 26.1 Å². The summed E-state index contributed by atoms with van der Waals surface area (Å²) in [4.78, 5) is 58.5. The Labute approximate surface area is 431 Å². The Morgan fingerprint density at radius 3 is 2.33 bits per heavy atom. The molecule has 1 saturated carbocycles. The molecule has 1 amide bonds. The number of aliphatic hydroxyl groups excluding tert-OH is 2. The Balaban J connectivity index is 1.49. The number of hydrogen-bond acceptors (Lipinski definition) is 13. The first kappa shape index (κ1) is 59.6. The number of hydrogen-bond donors (Lipinski definition) is 4. The number of methoxy groups -OCH3 is 2. The van der Waals surface area contributed by atoms with Gasteiger partial charge in [-0.3, -0.25) is 14.4 Å². The number of amides is 1. The minimum Gasteiger partial charge on any atom is -0.461 e. The molecule has 1 aromatic rings. The first-order chi connectivity index (χ1) is 34.6. The van der Waals surface area contributed by atoms with Crippen molar-refractivity contribution in [1.29, 1.82) is 0 Å². The SMILES string of the molecule is CO[C@@H]1C[C@@H](C[C@@H](C)[C@@H]2CC[C@H](C)/C=C(\C)[C@@H](O)[C@@H](OC)C(=O)[C@H](C)C[C@H](C)/C=C/C=C/C=C(\C)[C@H](Nc3cccc(OC(F)F)c3)C[C@@H]3CC[C@@H](C)[C@@](O)(O3)C(=O)C(=O)N3CCCC[C@H]3C(=O)O2)CC[C@H]1O. The molecule has 408 valence electrons. The van der Waals surface area contributed by atoms with Gasteiger partial charge in [0, 0.05) is 50.4 Å². The van der Waals surface area contributed by atoms with E-state index in [-0.39, 0.29) is 60.7 Å². The fraction of sp³-hybridized carbons (Fsp3) is 0.684. The van der Waals surface area contributed by atoms with Gasteiger partial charge in [0.1, 0.15) is 30.1 Å². The number of cyclic esters (lactones) is 1. The monoisotopic (exact) mass is 1030 g/mol. The summed E-state index contributed by atoms with van der Waals surface area (Å²) in [6, 6.07) is 4.55. The number of carbonyl (C=O) groups excluding carboxylic acids is 4. The fourth-order valence-electron chi connectivity index (χ4n) is 11.2. The first-order valence-corrected chi connectivity index (χ1v) is 26.6. The van der Waals surface area contributed by atoms with Gasteiger partial charge in [-0.1, -0.05) is 82.7 Å². The van der Waals surface area contributed by atoms with Crippen LogP contribution in [0.4, 0.5) is 14.5 Å². The van der Waals surface area contributed by atoms with Gasteiger partial charge in [0.05, 0.1) is 18.3 Å². The summed E-state index contributed by atoms with van der Waals surface area (Å²) >= 11 is 0. The number of ketones is 2. The van der Waals surface area contributed by atoms with Crippen LogP contribution in [0.25, 0.3) is 0 Å². The average Bonchev–Trinajstić information content (AvgIpc) is 3.35. The Hall–Kier alpha value is -4.32. The average molecular weight is 1030 g/mol. The van der Waals surface area contributed by atoms with Crippen LogP contribution < -0.4 is 10.1 Å². The number of benzene rings is 1. The van der Waals surface area contributed by atoms with E-state index in [1.54, 1.807) is 33.1 Å². The molecule has 73 heavy (non-hydrogen) atoms. The highest BCUT2D eigenvalue weighted by molar-refractivity contribution is 6.39. The number of esters is 1. The quantitative estimate of drug-likeness (QED) is 0.104. The predicted molar refractivity (Wildman–Crippen MR) is 274 cm³/mol. The third-order valence-electron chi connectivity index (χ3n) is 15.7. The fourth-order valence-corrected chi connectivity index (χ4v) is 11.2. The number of halogens is 2. The highest BCUT2D eigenvalue weighted by atomic mass is 19.3. The summed E-state index contributed by atoms with van der Waals surface area (Å²) < 4.78 is 55.1. The van der Waals surface area contributed by atoms with Gasteiger partial charge in [-0.15, -0.1) is 0 Å². The number of allylic oxidation sites excluding steroid dienone is 6. The smallest absolute Gasteiger partial charge is 0.387 e. The molecule has 4 N–H and O–H groups in total. The molecule has 3 fully saturated rings. The van der Waals surface area contributed by atoms with Gasteiger partial charge in [0.2, 0.25) is 5.79 Å². The molecule has 3 heterocycles. The summed E-state index contributed by atoms with van der Waals surface area (Å²) in [5.41, 5.74) is 1.85. The van der Waals surface area contributed by atoms with E-state index in [2.05, 4.69) is 10.1 Å². The Bertz CT molecular complexity index is 2110. The van der Waals surface area contributed by atoms with Crippen molar-refractivity contribution in [2.45, 2.75) is 193 Å². The molecular weight excluding hydrogens is 943 g/mol. The van der Waals surface area contributed by atoms with Crippen molar-refractivity contribution >= 4 is 29.1 Å². The molecule has 2 bridgehead atoms. The number of nitrogens with one attached hydrogen (secondary N) is 1. The second-order valence-corrected chi connectivity index (χ2v) is 21.6. The Morgan fingerprint density at radius 1 is 0.863 bits per heavy atom. The van der Waals surface area contributed by atoms with E-state index < -0.39 is 84.5 Å². The van der Waals surface area contributed by atoms with E-state index in [4.69, 9.17) is 18.9 Å². The molecule has 0 radical (unpaired) electrons. The number of aliphatic hydroxyl groups is 3. The predicted octanol–water partition coefficient (Wildman–Crippen LogP) is 9.07. The largest absolute Gasteiger partial charge is 0.461 e. The van der Waals surface area contributed by atoms with Crippen LogP contribution >= 0.6 is 0 Å². The van der Waals surface area contributed by atoms with Crippen LogP contribution in [-0.2, 0) is 38.1 Å². The number of nitrogens with zero attached hydrogens (tertiary/aromatic N) is 1. The second-order valence-electron chi connectivity index (χ2n) is 21.6. The number of fused-ring (bicyclic) bond motifs is 3. The summed E-state index contributed by atoms with van der Waals surface area (Å²) in [5, 5.41) is 37.7. The van der Waals surface area contributed by atoms with Crippen LogP contribution in [0.2, 0.25) is 0 Å². The van der Waals surface area contributed by atoms with Gasteiger partial charge in [0.15, 0.2) is 5.78 Å². The molecule has 5 rings (SSSR count). The van der Waals surface area contributed by atoms with Crippen LogP contribution in [0.3, 0.4) is 0 Å². The molecular formula is C57H84F2N2O12. The van der Waals surface area contributed by atoms with Crippen molar-refractivity contribution in [3.05, 3.63) is 71.9 Å². The molecule has 1 aliphatic carbocycles. The van der Waals surface area contributed by atoms with Crippen molar-refractivity contribution in [2.24, 2.45) is 35.5 Å². The Morgan fingerprint density at radius 2 is 1.62 bits per heavy atom. The maximum Gasteiger partial charge on any atom is 0.387 e. The van der Waals surface area contributed by atoms with Crippen molar-refractivity contribution in [3.63, 3.8) is 0 Å². The number of anilines is 1. The van der Waals surface area contributed by atoms with E-state index in [9.17, 15) is 43.3 Å². The molecule has 2 saturated heterocycles. The molecule has 15 atom stereocenters. The summed E-state index contributed by atoms with van der Waals surface area (Å²) in [6.07, 6.45) is 13.5. The number of Topliss-reactive ketones (excluding diaryl/α,β-unsaturated/α-hetero) is 2. The lowest BCUT2D eigenvalue weighted by Crippen LogP contribution is -2.61. The molecule has 14 nitrogen and oxygen atoms in total. The van der Waals surface area contributed by atoms with E-state index in [1.807, 2.05) is 71.1 Å². The van der Waals surface area contributed by atoms with Crippen LogP contribution in [-0.4, -0.2) is 126 Å². The zero-order valence-corrected chi connectivity index (χ0v) is 44.6. The standard InChI is InChI=1S/C57H84F2N2O12/c1-34-16-11-10-12-17-36(3)45(60-42-18-15-19-43(32-42)71-56(58)59)33-44-24-22-40(7)57(68,73-44)53(65)54(66)61-27-14-13-20-46(61)55(67)72-48(37(4)30-41-23-25-47(62)49(31-41)69-8)26-21-35(2)29-39(6)51(64)52(70-9)50(63)38(5)28-34/h10-12,15-19,29,32,34-35,37-38,40-41,44-49,51-52,56,60,62,64,68H,13-14,20-28,30-31,33H2,1-9H3/b12-10+,16-11+,36-17+,39-29+/t34-,35+,37-,38-,40-,41-,44+,45-,46+,47-,48+,49-,51-,52+,57-/m1/s1. The number of ether oxygens (including phenoxy) is 5. The second kappa shape index (κ2) is 28.0. The highest BCUT2D eigenvalue weighted by Crippen LogP contribution is 2.38. The molecule has 16 heteroatoms. The molecule has 3 aliphatic heterocycles. The Kier molecular flexibility index (Phi) is 22.8. The maximum atomic E-state index is 14.5. The number of carbonyl (C=O) groups is 4. The van der Waals surface area contributed by atoms with Crippen LogP contribution in [0, 0.1) is 35.5 Å². The van der Waals surface area contributed by atoms with Gasteiger partial charge < -0.3 is 49.2 Å². The van der Waals surface area contributed by atoms with E-state index in [0.29, 0.717) is 75.5 Å². The van der Waals surface area contributed by atoms with Crippen molar-refractivity contribution < 1.29 is 67.0 Å². The lowest BCUT2D eigenvalue weighted by molar-refractivity contribution is -0.263. The van der Waals surface area contributed by atoms with Gasteiger partial charge in [0.25, 0.3) is 11.7 Å². The lowest BCUT2D eigenvalue weighted by Gasteiger charge is -2.43. The maximum absolute atomic E-state index is 14.5. The van der Waals surface area contributed by atoms with Crippen molar-refractivity contribution in [1.82, 2.24) is 4.90 Å². The first-order valence-electron chi connectivity index (χ1n) is 26.6. The third kappa shape index (κ3) is 16.6.